The SMILES string of the molecule is C#CCNc1ccc2ncccc2c1. The van der Waals surface area contributed by atoms with E-state index in [0.29, 0.717) is 6.54 Å². The van der Waals surface area contributed by atoms with Gasteiger partial charge >= 0.3 is 0 Å². The fourth-order valence-corrected chi connectivity index (χ4v) is 1.34. The van der Waals surface area contributed by atoms with Crippen LogP contribution in [0, 0.1) is 12.3 Å². The molecule has 0 amide bonds. The number of benzene rings is 1. The van der Waals surface area contributed by atoms with Gasteiger partial charge in [0.15, 0.2) is 0 Å². The molecule has 68 valence electrons. The van der Waals surface area contributed by atoms with E-state index in [1.54, 1.807) is 6.20 Å². The second kappa shape index (κ2) is 3.80. The van der Waals surface area contributed by atoms with Gasteiger partial charge in [-0.2, -0.15) is 0 Å². The predicted molar refractivity (Wildman–Crippen MR) is 59.1 cm³/mol. The van der Waals surface area contributed by atoms with Crippen LogP contribution in [0.25, 0.3) is 10.9 Å². The van der Waals surface area contributed by atoms with Crippen LogP contribution in [0.5, 0.6) is 0 Å². The quantitative estimate of drug-likeness (QED) is 0.721. The molecule has 1 aromatic carbocycles. The summed E-state index contributed by atoms with van der Waals surface area (Å²) in [5.41, 5.74) is 2.03. The van der Waals surface area contributed by atoms with Crippen molar-refractivity contribution in [3.63, 3.8) is 0 Å². The number of terminal acetylenes is 1. The molecule has 0 unspecified atom stereocenters. The number of hydrogen-bond acceptors (Lipinski definition) is 2. The van der Waals surface area contributed by atoms with Gasteiger partial charge in [-0.15, -0.1) is 6.42 Å². The molecule has 0 atom stereocenters. The molecule has 0 saturated carbocycles. The lowest BCUT2D eigenvalue weighted by atomic mass is 10.2. The molecule has 14 heavy (non-hydrogen) atoms. The fraction of sp³-hybridized carbons (Fsp3) is 0.0833. The summed E-state index contributed by atoms with van der Waals surface area (Å²) >= 11 is 0. The van der Waals surface area contributed by atoms with Gasteiger partial charge in [-0.05, 0) is 24.3 Å². The standard InChI is InChI=1S/C12H10N2/c1-2-7-13-11-5-6-12-10(9-11)4-3-8-14-12/h1,3-6,8-9,13H,7H2. The number of pyridine rings is 1. The minimum atomic E-state index is 0.547. The third-order valence-corrected chi connectivity index (χ3v) is 2.00. The normalized spacial score (nSPS) is 9.64. The van der Waals surface area contributed by atoms with Gasteiger partial charge in [0.2, 0.25) is 0 Å². The third-order valence-electron chi connectivity index (χ3n) is 2.00. The van der Waals surface area contributed by atoms with Crippen molar-refractivity contribution < 1.29 is 0 Å². The number of fused-ring (bicyclic) bond motifs is 1. The predicted octanol–water partition coefficient (Wildman–Crippen LogP) is 2.28. The summed E-state index contributed by atoms with van der Waals surface area (Å²) in [6.45, 7) is 0.547. The zero-order valence-corrected chi connectivity index (χ0v) is 7.70. The summed E-state index contributed by atoms with van der Waals surface area (Å²) in [6.07, 6.45) is 6.95. The van der Waals surface area contributed by atoms with Crippen molar-refractivity contribution in [2.75, 3.05) is 11.9 Å². The van der Waals surface area contributed by atoms with E-state index < -0.39 is 0 Å². The molecule has 1 heterocycles. The van der Waals surface area contributed by atoms with Crippen molar-refractivity contribution in [1.82, 2.24) is 4.98 Å². The topological polar surface area (TPSA) is 24.9 Å². The maximum absolute atomic E-state index is 5.16. The molecule has 0 bridgehead atoms. The molecule has 0 aliphatic rings. The van der Waals surface area contributed by atoms with E-state index in [2.05, 4.69) is 16.2 Å². The van der Waals surface area contributed by atoms with Crippen molar-refractivity contribution in [3.8, 4) is 12.3 Å². The van der Waals surface area contributed by atoms with Crippen LogP contribution in [0.3, 0.4) is 0 Å². The van der Waals surface area contributed by atoms with Crippen molar-refractivity contribution >= 4 is 16.6 Å². The molecular formula is C12H10N2. The lowest BCUT2D eigenvalue weighted by Gasteiger charge is -2.03. The lowest BCUT2D eigenvalue weighted by Crippen LogP contribution is -1.97. The van der Waals surface area contributed by atoms with E-state index in [0.717, 1.165) is 16.6 Å². The molecular weight excluding hydrogens is 172 g/mol. The second-order valence-electron chi connectivity index (χ2n) is 2.97. The van der Waals surface area contributed by atoms with E-state index in [9.17, 15) is 0 Å². The van der Waals surface area contributed by atoms with E-state index in [-0.39, 0.29) is 0 Å². The maximum atomic E-state index is 5.16. The van der Waals surface area contributed by atoms with E-state index in [1.165, 1.54) is 0 Å². The largest absolute Gasteiger partial charge is 0.374 e. The fourth-order valence-electron chi connectivity index (χ4n) is 1.34. The summed E-state index contributed by atoms with van der Waals surface area (Å²) in [4.78, 5) is 4.23. The summed E-state index contributed by atoms with van der Waals surface area (Å²) in [5.74, 6) is 2.54. The average molecular weight is 182 g/mol. The van der Waals surface area contributed by atoms with Gasteiger partial charge in [0.05, 0.1) is 12.1 Å². The molecule has 0 fully saturated rings. The number of nitrogens with zero attached hydrogens (tertiary/aromatic N) is 1. The van der Waals surface area contributed by atoms with Crippen LogP contribution in [0.1, 0.15) is 0 Å². The van der Waals surface area contributed by atoms with Crippen LogP contribution in [-0.2, 0) is 0 Å². The molecule has 0 aliphatic heterocycles. The Morgan fingerprint density at radius 2 is 2.29 bits per heavy atom. The van der Waals surface area contributed by atoms with Gasteiger partial charge in [0.1, 0.15) is 0 Å². The van der Waals surface area contributed by atoms with Crippen LogP contribution in [0.4, 0.5) is 5.69 Å². The van der Waals surface area contributed by atoms with Crippen molar-refractivity contribution in [2.45, 2.75) is 0 Å². The van der Waals surface area contributed by atoms with Gasteiger partial charge in [0, 0.05) is 17.3 Å². The lowest BCUT2D eigenvalue weighted by molar-refractivity contribution is 1.37. The summed E-state index contributed by atoms with van der Waals surface area (Å²) in [7, 11) is 0. The highest BCUT2D eigenvalue weighted by molar-refractivity contribution is 5.82. The molecule has 2 rings (SSSR count). The van der Waals surface area contributed by atoms with Crippen LogP contribution in [-0.4, -0.2) is 11.5 Å². The van der Waals surface area contributed by atoms with Crippen LogP contribution in [0.2, 0.25) is 0 Å². The monoisotopic (exact) mass is 182 g/mol. The van der Waals surface area contributed by atoms with E-state index in [1.807, 2.05) is 30.3 Å². The molecule has 1 aromatic heterocycles. The second-order valence-corrected chi connectivity index (χ2v) is 2.97. The highest BCUT2D eigenvalue weighted by atomic mass is 14.8. The van der Waals surface area contributed by atoms with Crippen molar-refractivity contribution in [2.24, 2.45) is 0 Å². The van der Waals surface area contributed by atoms with Crippen LogP contribution >= 0.6 is 0 Å². The first-order valence-corrected chi connectivity index (χ1v) is 4.42. The van der Waals surface area contributed by atoms with Crippen molar-refractivity contribution in [3.05, 3.63) is 36.5 Å². The first-order chi connectivity index (χ1) is 6.90. The first-order valence-electron chi connectivity index (χ1n) is 4.42. The molecule has 1 N–H and O–H groups in total. The molecule has 2 nitrogen and oxygen atoms in total. The highest BCUT2D eigenvalue weighted by Crippen LogP contribution is 2.16. The number of aromatic nitrogens is 1. The molecule has 0 radical (unpaired) electrons. The zero-order valence-electron chi connectivity index (χ0n) is 7.70. The molecule has 0 spiro atoms. The van der Waals surface area contributed by atoms with Gasteiger partial charge in [-0.1, -0.05) is 12.0 Å². The molecule has 0 saturated heterocycles. The van der Waals surface area contributed by atoms with Crippen molar-refractivity contribution in [1.29, 1.82) is 0 Å². The number of anilines is 1. The Bertz CT molecular complexity index is 483. The number of nitrogens with one attached hydrogen (secondary N) is 1. The Morgan fingerprint density at radius 1 is 1.36 bits per heavy atom. The van der Waals surface area contributed by atoms with Gasteiger partial charge in [-0.25, -0.2) is 0 Å². The Hall–Kier alpha value is -2.01. The minimum Gasteiger partial charge on any atom is -0.374 e. The average Bonchev–Trinajstić information content (AvgIpc) is 2.26. The molecule has 2 aromatic rings. The van der Waals surface area contributed by atoms with Gasteiger partial charge < -0.3 is 5.32 Å². The highest BCUT2D eigenvalue weighted by Gasteiger charge is 1.94. The Balaban J connectivity index is 2.37. The number of hydrogen-bond donors (Lipinski definition) is 1. The molecule has 0 aliphatic carbocycles. The maximum Gasteiger partial charge on any atom is 0.0763 e. The Labute approximate surface area is 83.0 Å². The zero-order chi connectivity index (χ0) is 9.80. The van der Waals surface area contributed by atoms with Crippen LogP contribution < -0.4 is 5.32 Å². The number of rotatable bonds is 2. The van der Waals surface area contributed by atoms with Gasteiger partial charge in [-0.3, -0.25) is 4.98 Å². The summed E-state index contributed by atoms with van der Waals surface area (Å²) < 4.78 is 0. The summed E-state index contributed by atoms with van der Waals surface area (Å²) in [6, 6.07) is 9.96. The third kappa shape index (κ3) is 1.67. The van der Waals surface area contributed by atoms with Gasteiger partial charge in [0.25, 0.3) is 0 Å². The Morgan fingerprint density at radius 3 is 3.14 bits per heavy atom. The first kappa shape index (κ1) is 8.58. The minimum absolute atomic E-state index is 0.547. The smallest absolute Gasteiger partial charge is 0.0763 e. The van der Waals surface area contributed by atoms with E-state index >= 15 is 0 Å². The summed E-state index contributed by atoms with van der Waals surface area (Å²) in [5, 5.41) is 4.24. The Kier molecular flexibility index (Phi) is 2.33. The van der Waals surface area contributed by atoms with E-state index in [4.69, 9.17) is 6.42 Å². The molecule has 2 heteroatoms. The van der Waals surface area contributed by atoms with Crippen LogP contribution in [0.15, 0.2) is 36.5 Å².